The standard InChI is InChI=1S/C38H66N6O6/c1-22(2)29(39-11)35(47)42(13)31(24(5)6)37(49)44(15)33(26(9)10)38(50)43(14)32(25(7)8)36(48)41(12)30(23(3)4)34(46)40-21-20-27-16-18-28(45)19-17-27/h16-19,22-26,29-33,39,45H,20-21H2,1-15H3,(H,40,46)/t29-,30-,31-,32-,33-/m0/s1. The highest BCUT2D eigenvalue weighted by molar-refractivity contribution is 5.96. The predicted octanol–water partition coefficient (Wildman–Crippen LogP) is 3.23. The van der Waals surface area contributed by atoms with Crippen molar-refractivity contribution in [3.05, 3.63) is 29.8 Å². The molecule has 5 amide bonds. The van der Waals surface area contributed by atoms with Gasteiger partial charge < -0.3 is 35.3 Å². The average molecular weight is 703 g/mol. The van der Waals surface area contributed by atoms with Crippen LogP contribution in [0.15, 0.2) is 24.3 Å². The van der Waals surface area contributed by atoms with Gasteiger partial charge in [0.2, 0.25) is 29.5 Å². The lowest BCUT2D eigenvalue weighted by Gasteiger charge is -2.42. The fourth-order valence-electron chi connectivity index (χ4n) is 6.85. The molecule has 50 heavy (non-hydrogen) atoms. The van der Waals surface area contributed by atoms with E-state index in [0.29, 0.717) is 13.0 Å². The molecule has 0 radical (unpaired) electrons. The number of hydrogen-bond donors (Lipinski definition) is 3. The molecule has 1 rings (SSSR count). The van der Waals surface area contributed by atoms with Gasteiger partial charge in [-0.1, -0.05) is 81.4 Å². The quantitative estimate of drug-likeness (QED) is 0.213. The van der Waals surface area contributed by atoms with Crippen LogP contribution in [0.1, 0.15) is 74.8 Å². The Morgan fingerprint density at radius 3 is 1.22 bits per heavy atom. The first-order chi connectivity index (χ1) is 23.1. The Morgan fingerprint density at radius 1 is 0.560 bits per heavy atom. The molecule has 0 heterocycles. The first-order valence-corrected chi connectivity index (χ1v) is 17.9. The zero-order valence-electron chi connectivity index (χ0n) is 33.3. The Bertz CT molecular complexity index is 1280. The van der Waals surface area contributed by atoms with Crippen LogP contribution in [0, 0.1) is 29.6 Å². The smallest absolute Gasteiger partial charge is 0.246 e. The van der Waals surface area contributed by atoms with Gasteiger partial charge in [-0.15, -0.1) is 0 Å². The van der Waals surface area contributed by atoms with Gasteiger partial charge in [0, 0.05) is 34.7 Å². The van der Waals surface area contributed by atoms with E-state index in [9.17, 15) is 29.1 Å². The van der Waals surface area contributed by atoms with Gasteiger partial charge in [-0.25, -0.2) is 0 Å². The molecule has 3 N–H and O–H groups in total. The highest BCUT2D eigenvalue weighted by atomic mass is 16.3. The molecule has 0 saturated carbocycles. The normalized spacial score (nSPS) is 14.7. The average Bonchev–Trinajstić information content (AvgIpc) is 3.01. The van der Waals surface area contributed by atoms with E-state index in [1.807, 2.05) is 69.2 Å². The number of carbonyl (C=O) groups excluding carboxylic acids is 5. The van der Waals surface area contributed by atoms with Crippen LogP contribution >= 0.6 is 0 Å². The number of hydrogen-bond acceptors (Lipinski definition) is 7. The van der Waals surface area contributed by atoms with E-state index in [1.165, 1.54) is 19.6 Å². The van der Waals surface area contributed by atoms with Gasteiger partial charge in [-0.3, -0.25) is 24.0 Å². The zero-order chi connectivity index (χ0) is 38.8. The van der Waals surface area contributed by atoms with E-state index in [1.54, 1.807) is 59.5 Å². The van der Waals surface area contributed by atoms with Crippen molar-refractivity contribution >= 4 is 29.5 Å². The summed E-state index contributed by atoms with van der Waals surface area (Å²) in [5.74, 6) is -2.53. The number of likely N-dealkylation sites (N-methyl/N-ethyl adjacent to an activating group) is 5. The summed E-state index contributed by atoms with van der Waals surface area (Å²) in [5.41, 5.74) is 0.951. The SMILES string of the molecule is CN[C@H](C(=O)N(C)[C@H](C(=O)N(C)[C@H](C(=O)N(C)[C@H](C(=O)N(C)[C@H](C(=O)NCCc1ccc(O)cc1)C(C)C)C(C)C)C(C)C)C(C)C)C(C)C. The molecule has 0 fully saturated rings. The Balaban J connectivity index is 3.31. The lowest BCUT2D eigenvalue weighted by atomic mass is 9.93. The number of rotatable bonds is 18. The summed E-state index contributed by atoms with van der Waals surface area (Å²) >= 11 is 0. The lowest BCUT2D eigenvalue weighted by molar-refractivity contribution is -0.157. The molecule has 0 aliphatic carbocycles. The molecule has 0 saturated heterocycles. The molecular weight excluding hydrogens is 636 g/mol. The van der Waals surface area contributed by atoms with Gasteiger partial charge in [-0.2, -0.15) is 0 Å². The van der Waals surface area contributed by atoms with Crippen LogP contribution in [-0.4, -0.2) is 126 Å². The van der Waals surface area contributed by atoms with Gasteiger partial charge in [0.1, 0.15) is 29.9 Å². The Labute approximate surface area is 301 Å². The lowest BCUT2D eigenvalue weighted by Crippen LogP contribution is -2.62. The van der Waals surface area contributed by atoms with Crippen LogP contribution in [0.4, 0.5) is 0 Å². The Hall–Kier alpha value is -3.67. The summed E-state index contributed by atoms with van der Waals surface area (Å²) in [5, 5.41) is 15.5. The fourth-order valence-corrected chi connectivity index (χ4v) is 6.85. The van der Waals surface area contributed by atoms with Crippen LogP contribution in [-0.2, 0) is 30.4 Å². The minimum Gasteiger partial charge on any atom is -0.508 e. The van der Waals surface area contributed by atoms with Gasteiger partial charge >= 0.3 is 0 Å². The van der Waals surface area contributed by atoms with Crippen molar-refractivity contribution in [2.24, 2.45) is 29.6 Å². The van der Waals surface area contributed by atoms with Crippen LogP contribution in [0.5, 0.6) is 5.75 Å². The molecule has 0 aliphatic heterocycles. The first-order valence-electron chi connectivity index (χ1n) is 17.9. The van der Waals surface area contributed by atoms with Crippen molar-refractivity contribution in [2.45, 2.75) is 106 Å². The van der Waals surface area contributed by atoms with Crippen LogP contribution in [0.25, 0.3) is 0 Å². The maximum Gasteiger partial charge on any atom is 0.246 e. The highest BCUT2D eigenvalue weighted by Crippen LogP contribution is 2.23. The van der Waals surface area contributed by atoms with Gasteiger partial charge in [-0.05, 0) is 60.8 Å². The van der Waals surface area contributed by atoms with Gasteiger partial charge in [0.05, 0.1) is 6.04 Å². The van der Waals surface area contributed by atoms with Crippen molar-refractivity contribution < 1.29 is 29.1 Å². The minimum absolute atomic E-state index is 0.00439. The number of nitrogens with zero attached hydrogens (tertiary/aromatic N) is 4. The fraction of sp³-hybridized carbons (Fsp3) is 0.711. The first kappa shape index (κ1) is 44.4. The maximum atomic E-state index is 14.4. The van der Waals surface area contributed by atoms with E-state index >= 15 is 0 Å². The van der Waals surface area contributed by atoms with Gasteiger partial charge in [0.25, 0.3) is 0 Å². The third kappa shape index (κ3) is 11.2. The monoisotopic (exact) mass is 703 g/mol. The summed E-state index contributed by atoms with van der Waals surface area (Å²) in [4.78, 5) is 75.4. The van der Waals surface area contributed by atoms with Crippen molar-refractivity contribution in [1.82, 2.24) is 30.2 Å². The molecule has 0 unspecified atom stereocenters. The van der Waals surface area contributed by atoms with E-state index in [4.69, 9.17) is 0 Å². The second-order valence-corrected chi connectivity index (χ2v) is 15.3. The third-order valence-corrected chi connectivity index (χ3v) is 9.51. The molecule has 12 heteroatoms. The molecule has 0 bridgehead atoms. The Morgan fingerprint density at radius 2 is 0.900 bits per heavy atom. The number of aromatic hydroxyl groups is 1. The molecule has 284 valence electrons. The van der Waals surface area contributed by atoms with E-state index in [2.05, 4.69) is 10.6 Å². The summed E-state index contributed by atoms with van der Waals surface area (Å²) in [7, 11) is 8.09. The third-order valence-electron chi connectivity index (χ3n) is 9.51. The minimum atomic E-state index is -0.911. The van der Waals surface area contributed by atoms with Crippen molar-refractivity contribution in [3.63, 3.8) is 0 Å². The molecule has 5 atom stereocenters. The molecule has 0 aliphatic rings. The Kier molecular flexibility index (Phi) is 17.4. The summed E-state index contributed by atoms with van der Waals surface area (Å²) in [6.07, 6.45) is 0.554. The molecule has 0 spiro atoms. The van der Waals surface area contributed by atoms with E-state index in [0.717, 1.165) is 5.56 Å². The van der Waals surface area contributed by atoms with Crippen LogP contribution < -0.4 is 10.6 Å². The van der Waals surface area contributed by atoms with E-state index in [-0.39, 0.29) is 59.0 Å². The molecule has 1 aromatic carbocycles. The van der Waals surface area contributed by atoms with Gasteiger partial charge in [0.15, 0.2) is 0 Å². The van der Waals surface area contributed by atoms with Crippen LogP contribution in [0.3, 0.4) is 0 Å². The number of amides is 5. The van der Waals surface area contributed by atoms with E-state index < -0.39 is 36.1 Å². The number of benzene rings is 1. The molecule has 12 nitrogen and oxygen atoms in total. The number of phenolic OH excluding ortho intramolecular Hbond substituents is 1. The molecular formula is C38H66N6O6. The second-order valence-electron chi connectivity index (χ2n) is 15.3. The number of phenols is 1. The zero-order valence-corrected chi connectivity index (χ0v) is 33.3. The summed E-state index contributed by atoms with van der Waals surface area (Å²) in [6, 6.07) is 2.88. The number of nitrogens with one attached hydrogen (secondary N) is 2. The van der Waals surface area contributed by atoms with Crippen molar-refractivity contribution in [2.75, 3.05) is 41.8 Å². The summed E-state index contributed by atoms with van der Waals surface area (Å²) < 4.78 is 0. The topological polar surface area (TPSA) is 143 Å². The predicted molar refractivity (Wildman–Crippen MR) is 198 cm³/mol. The van der Waals surface area contributed by atoms with Crippen molar-refractivity contribution in [3.8, 4) is 5.75 Å². The van der Waals surface area contributed by atoms with Crippen molar-refractivity contribution in [1.29, 1.82) is 0 Å². The highest BCUT2D eigenvalue weighted by Gasteiger charge is 2.43. The molecule has 0 aromatic heterocycles. The maximum absolute atomic E-state index is 14.4. The second kappa shape index (κ2) is 19.7. The summed E-state index contributed by atoms with van der Waals surface area (Å²) in [6.45, 7) is 19.1. The molecule has 1 aromatic rings. The van der Waals surface area contributed by atoms with Crippen LogP contribution in [0.2, 0.25) is 0 Å². The largest absolute Gasteiger partial charge is 0.508 e. The number of carbonyl (C=O) groups is 5.